The molecule has 0 saturated carbocycles. The number of allylic oxidation sites excluding steroid dienone is 1. The number of hydrogen-bond donors (Lipinski definition) is 1. The number of anilines is 1. The SMILES string of the molecule is O=[N+]([O-])c1ccccc1/C=C/C=N/Nc1nc(Cl)c(Cl)cc1Cl. The number of halogens is 3. The topological polar surface area (TPSA) is 80.4 Å². The molecule has 1 heterocycles. The van der Waals surface area contributed by atoms with E-state index in [1.807, 2.05) is 0 Å². The highest BCUT2D eigenvalue weighted by molar-refractivity contribution is 6.42. The Morgan fingerprint density at radius 2 is 1.96 bits per heavy atom. The molecule has 0 fully saturated rings. The quantitative estimate of drug-likeness (QED) is 0.345. The number of hydrazone groups is 1. The average Bonchev–Trinajstić information content (AvgIpc) is 2.52. The minimum Gasteiger partial charge on any atom is -0.260 e. The molecule has 0 saturated heterocycles. The number of para-hydroxylation sites is 1. The van der Waals surface area contributed by atoms with Crippen molar-refractivity contribution in [3.63, 3.8) is 0 Å². The molecule has 2 rings (SSSR count). The van der Waals surface area contributed by atoms with Gasteiger partial charge in [-0.3, -0.25) is 15.5 Å². The summed E-state index contributed by atoms with van der Waals surface area (Å²) in [4.78, 5) is 14.4. The molecule has 1 aromatic carbocycles. The summed E-state index contributed by atoms with van der Waals surface area (Å²) in [6.07, 6.45) is 4.51. The van der Waals surface area contributed by atoms with E-state index < -0.39 is 4.92 Å². The lowest BCUT2D eigenvalue weighted by molar-refractivity contribution is -0.385. The average molecular weight is 372 g/mol. The van der Waals surface area contributed by atoms with Crippen LogP contribution >= 0.6 is 34.8 Å². The smallest absolute Gasteiger partial charge is 0.260 e. The Kier molecular flexibility index (Phi) is 5.92. The summed E-state index contributed by atoms with van der Waals surface area (Å²) in [6, 6.07) is 7.81. The molecule has 0 aliphatic heterocycles. The number of aromatic nitrogens is 1. The van der Waals surface area contributed by atoms with E-state index >= 15 is 0 Å². The van der Waals surface area contributed by atoms with E-state index in [0.29, 0.717) is 5.56 Å². The normalized spacial score (nSPS) is 11.3. The molecule has 0 unspecified atom stereocenters. The van der Waals surface area contributed by atoms with Crippen molar-refractivity contribution < 1.29 is 4.92 Å². The van der Waals surface area contributed by atoms with Gasteiger partial charge < -0.3 is 0 Å². The van der Waals surface area contributed by atoms with E-state index in [4.69, 9.17) is 34.8 Å². The van der Waals surface area contributed by atoms with E-state index in [1.165, 1.54) is 18.3 Å². The molecule has 6 nitrogen and oxygen atoms in total. The molecule has 0 atom stereocenters. The van der Waals surface area contributed by atoms with Gasteiger partial charge in [-0.2, -0.15) is 5.10 Å². The van der Waals surface area contributed by atoms with Gasteiger partial charge in [-0.1, -0.05) is 46.9 Å². The van der Waals surface area contributed by atoms with Gasteiger partial charge in [-0.15, -0.1) is 0 Å². The predicted octanol–water partition coefficient (Wildman–Crippen LogP) is 5.06. The van der Waals surface area contributed by atoms with E-state index in [-0.39, 0.29) is 26.7 Å². The summed E-state index contributed by atoms with van der Waals surface area (Å²) in [5, 5.41) is 15.4. The van der Waals surface area contributed by atoms with Crippen molar-refractivity contribution in [2.45, 2.75) is 0 Å². The van der Waals surface area contributed by atoms with Gasteiger partial charge in [-0.05, 0) is 24.3 Å². The highest BCUT2D eigenvalue weighted by Crippen LogP contribution is 2.28. The van der Waals surface area contributed by atoms with Crippen LogP contribution in [0.5, 0.6) is 0 Å². The standard InChI is InChI=1S/C14H9Cl3N4O2/c15-10-8-11(16)14(19-13(10)17)20-18-7-3-5-9-4-1-2-6-12(9)21(22)23/h1-8H,(H,19,20)/b5-3+,18-7+. The Morgan fingerprint density at radius 3 is 2.70 bits per heavy atom. The second-order valence-electron chi connectivity index (χ2n) is 4.16. The molecule has 0 aliphatic carbocycles. The van der Waals surface area contributed by atoms with Crippen molar-refractivity contribution in [3.8, 4) is 0 Å². The van der Waals surface area contributed by atoms with Crippen molar-refractivity contribution >= 4 is 58.6 Å². The lowest BCUT2D eigenvalue weighted by Gasteiger charge is -2.03. The molecule has 1 aromatic heterocycles. The maximum atomic E-state index is 10.9. The van der Waals surface area contributed by atoms with Gasteiger partial charge in [-0.25, -0.2) is 4.98 Å². The first-order chi connectivity index (χ1) is 11.0. The third-order valence-electron chi connectivity index (χ3n) is 2.63. The molecule has 9 heteroatoms. The van der Waals surface area contributed by atoms with E-state index in [2.05, 4.69) is 15.5 Å². The molecule has 0 amide bonds. The van der Waals surface area contributed by atoms with Gasteiger partial charge in [0, 0.05) is 12.3 Å². The van der Waals surface area contributed by atoms with Gasteiger partial charge in [0.25, 0.3) is 5.69 Å². The van der Waals surface area contributed by atoms with Crippen molar-refractivity contribution in [1.82, 2.24) is 4.98 Å². The fourth-order valence-electron chi connectivity index (χ4n) is 1.61. The number of pyridine rings is 1. The zero-order chi connectivity index (χ0) is 16.8. The van der Waals surface area contributed by atoms with Crippen molar-refractivity contribution in [3.05, 3.63) is 67.3 Å². The second kappa shape index (κ2) is 7.92. The van der Waals surface area contributed by atoms with Crippen LogP contribution in [0, 0.1) is 10.1 Å². The summed E-state index contributed by atoms with van der Waals surface area (Å²) in [7, 11) is 0. The fourth-order valence-corrected chi connectivity index (χ4v) is 2.15. The highest BCUT2D eigenvalue weighted by atomic mass is 35.5. The molecule has 0 radical (unpaired) electrons. The van der Waals surface area contributed by atoms with Crippen LogP contribution in [0.2, 0.25) is 15.2 Å². The molecule has 23 heavy (non-hydrogen) atoms. The summed E-state index contributed by atoms with van der Waals surface area (Å²) in [5.74, 6) is 0.247. The van der Waals surface area contributed by atoms with Crippen LogP contribution in [-0.4, -0.2) is 16.1 Å². The van der Waals surface area contributed by atoms with Gasteiger partial charge in [0.2, 0.25) is 0 Å². The maximum absolute atomic E-state index is 10.9. The van der Waals surface area contributed by atoms with E-state index in [9.17, 15) is 10.1 Å². The Bertz CT molecular complexity index is 794. The summed E-state index contributed by atoms with van der Waals surface area (Å²) >= 11 is 17.5. The van der Waals surface area contributed by atoms with Crippen molar-refractivity contribution in [2.24, 2.45) is 5.10 Å². The first-order valence-corrected chi connectivity index (χ1v) is 7.33. The number of rotatable bonds is 5. The van der Waals surface area contributed by atoms with Crippen LogP contribution in [0.1, 0.15) is 5.56 Å². The Balaban J connectivity index is 2.06. The monoisotopic (exact) mass is 370 g/mol. The Morgan fingerprint density at radius 1 is 1.22 bits per heavy atom. The summed E-state index contributed by atoms with van der Waals surface area (Å²) < 4.78 is 0. The van der Waals surface area contributed by atoms with Crippen LogP contribution in [-0.2, 0) is 0 Å². The van der Waals surface area contributed by atoms with Crippen molar-refractivity contribution in [1.29, 1.82) is 0 Å². The van der Waals surface area contributed by atoms with E-state index in [1.54, 1.807) is 30.4 Å². The van der Waals surface area contributed by atoms with Crippen LogP contribution in [0.25, 0.3) is 6.08 Å². The Hall–Kier alpha value is -2.15. The number of nitro groups is 1. The van der Waals surface area contributed by atoms with Gasteiger partial charge in [0.15, 0.2) is 5.82 Å². The predicted molar refractivity (Wildman–Crippen MR) is 93.5 cm³/mol. The molecular formula is C14H9Cl3N4O2. The lowest BCUT2D eigenvalue weighted by atomic mass is 10.2. The van der Waals surface area contributed by atoms with Crippen LogP contribution in [0.15, 0.2) is 41.5 Å². The molecule has 2 aromatic rings. The zero-order valence-corrected chi connectivity index (χ0v) is 13.7. The van der Waals surface area contributed by atoms with Gasteiger partial charge in [0.05, 0.1) is 20.5 Å². The van der Waals surface area contributed by atoms with Crippen LogP contribution in [0.4, 0.5) is 11.5 Å². The molecule has 0 spiro atoms. The number of benzene rings is 1. The van der Waals surface area contributed by atoms with E-state index in [0.717, 1.165) is 0 Å². The van der Waals surface area contributed by atoms with Gasteiger partial charge >= 0.3 is 0 Å². The fraction of sp³-hybridized carbons (Fsp3) is 0. The third-order valence-corrected chi connectivity index (χ3v) is 3.59. The molecular weight excluding hydrogens is 363 g/mol. The minimum absolute atomic E-state index is 0.0132. The molecule has 1 N–H and O–H groups in total. The maximum Gasteiger partial charge on any atom is 0.276 e. The summed E-state index contributed by atoms with van der Waals surface area (Å²) in [6.45, 7) is 0. The van der Waals surface area contributed by atoms with Gasteiger partial charge in [0.1, 0.15) is 5.15 Å². The van der Waals surface area contributed by atoms with Crippen LogP contribution in [0.3, 0.4) is 0 Å². The third kappa shape index (κ3) is 4.66. The molecule has 118 valence electrons. The second-order valence-corrected chi connectivity index (χ2v) is 5.33. The zero-order valence-electron chi connectivity index (χ0n) is 11.4. The number of hydrogen-bond acceptors (Lipinski definition) is 5. The number of nitrogens with zero attached hydrogens (tertiary/aromatic N) is 3. The summed E-state index contributed by atoms with van der Waals surface area (Å²) in [5.41, 5.74) is 3.08. The molecule has 0 bridgehead atoms. The Labute approximate surface area is 146 Å². The number of nitrogens with one attached hydrogen (secondary N) is 1. The highest BCUT2D eigenvalue weighted by Gasteiger charge is 2.09. The minimum atomic E-state index is -0.450. The first kappa shape index (κ1) is 17.2. The molecule has 0 aliphatic rings. The number of nitro benzene ring substituents is 1. The lowest BCUT2D eigenvalue weighted by Crippen LogP contribution is -1.94. The largest absolute Gasteiger partial charge is 0.276 e. The first-order valence-electron chi connectivity index (χ1n) is 6.19. The van der Waals surface area contributed by atoms with Crippen LogP contribution < -0.4 is 5.43 Å². The van der Waals surface area contributed by atoms with Crippen molar-refractivity contribution in [2.75, 3.05) is 5.43 Å².